The van der Waals surface area contributed by atoms with E-state index in [1.54, 1.807) is 6.20 Å². The van der Waals surface area contributed by atoms with Gasteiger partial charge in [0.15, 0.2) is 5.65 Å². The fourth-order valence-corrected chi connectivity index (χ4v) is 3.38. The first-order valence-electron chi connectivity index (χ1n) is 9.11. The van der Waals surface area contributed by atoms with Gasteiger partial charge >= 0.3 is 0 Å². The number of aromatic nitrogens is 4. The first kappa shape index (κ1) is 16.0. The molecule has 27 heavy (non-hydrogen) atoms. The lowest BCUT2D eigenvalue weighted by molar-refractivity contribution is 0.0835. The molecule has 3 aromatic heterocycles. The topological polar surface area (TPSA) is 98.8 Å². The minimum atomic E-state index is -0.191. The molecule has 7 heteroatoms. The molecule has 1 fully saturated rings. The second-order valence-electron chi connectivity index (χ2n) is 7.01. The average molecular weight is 360 g/mol. The minimum Gasteiger partial charge on any atom is -0.393 e. The molecule has 4 aromatic rings. The lowest BCUT2D eigenvalue weighted by atomic mass is 9.89. The maximum Gasteiger partial charge on any atom is 0.182 e. The Balaban J connectivity index is 1.31. The van der Waals surface area contributed by atoms with Crippen LogP contribution in [-0.4, -0.2) is 37.2 Å². The Morgan fingerprint density at radius 2 is 1.96 bits per heavy atom. The van der Waals surface area contributed by atoms with Crippen LogP contribution in [0.2, 0.25) is 0 Å². The van der Waals surface area contributed by atoms with Crippen molar-refractivity contribution in [1.82, 2.24) is 19.9 Å². The number of aliphatic hydroxyl groups excluding tert-OH is 1. The van der Waals surface area contributed by atoms with Gasteiger partial charge < -0.3 is 20.7 Å². The summed E-state index contributed by atoms with van der Waals surface area (Å²) < 4.78 is 0. The smallest absolute Gasteiger partial charge is 0.182 e. The fraction of sp³-hybridized carbons (Fsp3) is 0.250. The third-order valence-corrected chi connectivity index (χ3v) is 4.97. The van der Waals surface area contributed by atoms with Crippen molar-refractivity contribution >= 4 is 33.7 Å². The van der Waals surface area contributed by atoms with E-state index in [4.69, 9.17) is 0 Å². The Morgan fingerprint density at radius 3 is 2.85 bits per heavy atom. The van der Waals surface area contributed by atoms with Gasteiger partial charge in [-0.05, 0) is 48.1 Å². The van der Waals surface area contributed by atoms with Crippen molar-refractivity contribution in [3.63, 3.8) is 0 Å². The van der Waals surface area contributed by atoms with E-state index in [1.807, 2.05) is 18.3 Å². The Morgan fingerprint density at radius 1 is 1.07 bits per heavy atom. The molecular formula is C20H20N6O. The molecule has 7 nitrogen and oxygen atoms in total. The Bertz CT molecular complexity index is 1100. The van der Waals surface area contributed by atoms with E-state index in [0.717, 1.165) is 29.7 Å². The van der Waals surface area contributed by atoms with Gasteiger partial charge in [0.1, 0.15) is 17.2 Å². The van der Waals surface area contributed by atoms with Gasteiger partial charge in [-0.1, -0.05) is 12.1 Å². The van der Waals surface area contributed by atoms with Crippen molar-refractivity contribution in [2.24, 2.45) is 0 Å². The lowest BCUT2D eigenvalue weighted by Crippen LogP contribution is -2.39. The molecule has 1 saturated carbocycles. The summed E-state index contributed by atoms with van der Waals surface area (Å²) in [6.07, 6.45) is 5.00. The monoisotopic (exact) mass is 360 g/mol. The summed E-state index contributed by atoms with van der Waals surface area (Å²) in [5.41, 5.74) is 3.65. The molecule has 1 aromatic carbocycles. The van der Waals surface area contributed by atoms with E-state index in [-0.39, 0.29) is 12.1 Å². The first-order valence-corrected chi connectivity index (χ1v) is 9.11. The van der Waals surface area contributed by atoms with Crippen LogP contribution in [0, 0.1) is 0 Å². The zero-order valence-electron chi connectivity index (χ0n) is 14.7. The van der Waals surface area contributed by atoms with Crippen molar-refractivity contribution in [3.05, 3.63) is 54.4 Å². The zero-order chi connectivity index (χ0) is 18.2. The molecule has 4 N–H and O–H groups in total. The number of aromatic amines is 1. The highest BCUT2D eigenvalue weighted by Gasteiger charge is 2.27. The van der Waals surface area contributed by atoms with Gasteiger partial charge in [-0.3, -0.25) is 0 Å². The molecule has 0 spiro atoms. The number of benzene rings is 1. The molecule has 1 aliphatic rings. The predicted octanol–water partition coefficient (Wildman–Crippen LogP) is 3.05. The van der Waals surface area contributed by atoms with Gasteiger partial charge in [-0.2, -0.15) is 0 Å². The zero-order valence-corrected chi connectivity index (χ0v) is 14.7. The molecule has 0 radical (unpaired) electrons. The van der Waals surface area contributed by atoms with E-state index < -0.39 is 0 Å². The number of fused-ring (bicyclic) bond motifs is 2. The van der Waals surface area contributed by atoms with Crippen LogP contribution in [0.15, 0.2) is 48.8 Å². The van der Waals surface area contributed by atoms with Crippen LogP contribution in [0.25, 0.3) is 22.1 Å². The second kappa shape index (κ2) is 6.51. The predicted molar refractivity (Wildman–Crippen MR) is 106 cm³/mol. The number of hydrogen-bond acceptors (Lipinski definition) is 6. The molecule has 0 unspecified atom stereocenters. The van der Waals surface area contributed by atoms with E-state index in [1.165, 1.54) is 10.9 Å². The molecule has 0 atom stereocenters. The van der Waals surface area contributed by atoms with Gasteiger partial charge in [0.2, 0.25) is 0 Å². The van der Waals surface area contributed by atoms with Gasteiger partial charge in [-0.15, -0.1) is 0 Å². The molecule has 0 bridgehead atoms. The number of hydrogen-bond donors (Lipinski definition) is 4. The summed E-state index contributed by atoms with van der Waals surface area (Å²) in [6.45, 7) is 0.660. The van der Waals surface area contributed by atoms with E-state index in [9.17, 15) is 5.11 Å². The molecule has 1 aliphatic carbocycles. The number of aliphatic hydroxyl groups is 1. The van der Waals surface area contributed by atoms with Crippen molar-refractivity contribution in [2.75, 3.05) is 10.6 Å². The standard InChI is InChI=1S/C20H20N6O/c27-15-8-14(9-15)24-18-4-3-16-20(25-18)26-19(11-22-16)23-10-12-1-2-13-5-6-21-17(13)7-12/h1-7,11,14-15,21,27H,8-10H2,(H2,23,24,25,26)/t14-,15-. The lowest BCUT2D eigenvalue weighted by Gasteiger charge is -2.32. The Labute approximate surface area is 155 Å². The minimum absolute atomic E-state index is 0.191. The maximum absolute atomic E-state index is 9.41. The van der Waals surface area contributed by atoms with Crippen LogP contribution in [0.3, 0.4) is 0 Å². The molecule has 0 saturated heterocycles. The van der Waals surface area contributed by atoms with Gasteiger partial charge in [0.25, 0.3) is 0 Å². The number of nitrogens with one attached hydrogen (secondary N) is 3. The van der Waals surface area contributed by atoms with Crippen molar-refractivity contribution in [1.29, 1.82) is 0 Å². The third kappa shape index (κ3) is 3.29. The number of anilines is 2. The van der Waals surface area contributed by atoms with Gasteiger partial charge in [-0.25, -0.2) is 15.0 Å². The second-order valence-corrected chi connectivity index (χ2v) is 7.01. The maximum atomic E-state index is 9.41. The molecule has 0 aliphatic heterocycles. The van der Waals surface area contributed by atoms with Crippen molar-refractivity contribution < 1.29 is 5.11 Å². The largest absolute Gasteiger partial charge is 0.393 e. The van der Waals surface area contributed by atoms with E-state index in [0.29, 0.717) is 18.0 Å². The summed E-state index contributed by atoms with van der Waals surface area (Å²) in [4.78, 5) is 16.8. The molecular weight excluding hydrogens is 340 g/mol. The Kier molecular flexibility index (Phi) is 3.86. The number of pyridine rings is 1. The van der Waals surface area contributed by atoms with Crippen molar-refractivity contribution in [3.8, 4) is 0 Å². The SMILES string of the molecule is O[C@H]1C[C@H](Nc2ccc3ncc(NCc4ccc5cc[nH]c5c4)nc3n2)C1. The number of H-pyrrole nitrogens is 1. The Hall–Kier alpha value is -3.19. The summed E-state index contributed by atoms with van der Waals surface area (Å²) >= 11 is 0. The van der Waals surface area contributed by atoms with Crippen LogP contribution < -0.4 is 10.6 Å². The molecule has 5 rings (SSSR count). The van der Waals surface area contributed by atoms with E-state index >= 15 is 0 Å². The molecule has 136 valence electrons. The average Bonchev–Trinajstić information content (AvgIpc) is 3.12. The van der Waals surface area contributed by atoms with E-state index in [2.05, 4.69) is 54.8 Å². The van der Waals surface area contributed by atoms with Gasteiger partial charge in [0.05, 0.1) is 12.3 Å². The third-order valence-electron chi connectivity index (χ3n) is 4.97. The first-order chi connectivity index (χ1) is 13.2. The van der Waals surface area contributed by atoms with Crippen molar-refractivity contribution in [2.45, 2.75) is 31.5 Å². The molecule has 0 amide bonds. The summed E-state index contributed by atoms with van der Waals surface area (Å²) in [5, 5.41) is 17.3. The van der Waals surface area contributed by atoms with Crippen LogP contribution in [-0.2, 0) is 6.54 Å². The van der Waals surface area contributed by atoms with Crippen LogP contribution in [0.4, 0.5) is 11.6 Å². The van der Waals surface area contributed by atoms with Crippen LogP contribution >= 0.6 is 0 Å². The van der Waals surface area contributed by atoms with Crippen LogP contribution in [0.1, 0.15) is 18.4 Å². The fourth-order valence-electron chi connectivity index (χ4n) is 3.38. The number of rotatable bonds is 5. The highest BCUT2D eigenvalue weighted by molar-refractivity contribution is 5.80. The van der Waals surface area contributed by atoms with Crippen LogP contribution in [0.5, 0.6) is 0 Å². The number of nitrogens with zero attached hydrogens (tertiary/aromatic N) is 3. The summed E-state index contributed by atoms with van der Waals surface area (Å²) in [7, 11) is 0. The highest BCUT2D eigenvalue weighted by atomic mass is 16.3. The highest BCUT2D eigenvalue weighted by Crippen LogP contribution is 2.24. The normalized spacial score (nSPS) is 19.1. The molecule has 3 heterocycles. The quantitative estimate of drug-likeness (QED) is 0.437. The van der Waals surface area contributed by atoms with Gasteiger partial charge in [0, 0.05) is 24.3 Å². The summed E-state index contributed by atoms with van der Waals surface area (Å²) in [6, 6.07) is 12.5. The summed E-state index contributed by atoms with van der Waals surface area (Å²) in [5.74, 6) is 1.46.